The molecule has 2 N–H and O–H groups in total. The molecule has 2 rings (SSSR count). The maximum atomic E-state index is 11.9. The molecule has 0 spiro atoms. The van der Waals surface area contributed by atoms with Crippen LogP contribution in [0.1, 0.15) is 52.0 Å². The predicted octanol–water partition coefficient (Wildman–Crippen LogP) is 3.91. The van der Waals surface area contributed by atoms with Crippen LogP contribution in [0.4, 0.5) is 5.69 Å². The van der Waals surface area contributed by atoms with Crippen molar-refractivity contribution in [2.75, 3.05) is 31.6 Å². The molecule has 0 aliphatic carbocycles. The SMILES string of the molecule is CNCCCC(=O)NC1CCN(c2ccc(C(C)(C)C)cc2)CC1.Cl.Cl. The van der Waals surface area contributed by atoms with E-state index in [9.17, 15) is 4.79 Å². The monoisotopic (exact) mass is 403 g/mol. The highest BCUT2D eigenvalue weighted by molar-refractivity contribution is 5.85. The number of anilines is 1. The Kier molecular flexibility index (Phi) is 11.2. The van der Waals surface area contributed by atoms with E-state index in [1.165, 1.54) is 11.3 Å². The van der Waals surface area contributed by atoms with Gasteiger partial charge in [-0.2, -0.15) is 0 Å². The summed E-state index contributed by atoms with van der Waals surface area (Å²) in [7, 11) is 1.92. The molecule has 0 atom stereocenters. The zero-order valence-corrected chi connectivity index (χ0v) is 18.1. The largest absolute Gasteiger partial charge is 0.371 e. The second-order valence-electron chi connectivity index (χ2n) is 7.83. The molecule has 6 heteroatoms. The van der Waals surface area contributed by atoms with Gasteiger partial charge < -0.3 is 15.5 Å². The van der Waals surface area contributed by atoms with Crippen LogP contribution in [0.5, 0.6) is 0 Å². The zero-order valence-electron chi connectivity index (χ0n) is 16.5. The lowest BCUT2D eigenvalue weighted by Gasteiger charge is -2.34. The first-order valence-electron chi connectivity index (χ1n) is 9.19. The minimum atomic E-state index is 0. The van der Waals surface area contributed by atoms with Gasteiger partial charge in [-0.25, -0.2) is 0 Å². The van der Waals surface area contributed by atoms with E-state index in [0.717, 1.165) is 38.9 Å². The molecule has 1 aliphatic heterocycles. The molecule has 150 valence electrons. The number of carbonyl (C=O) groups excluding carboxylic acids is 1. The second-order valence-corrected chi connectivity index (χ2v) is 7.83. The van der Waals surface area contributed by atoms with E-state index < -0.39 is 0 Å². The summed E-state index contributed by atoms with van der Waals surface area (Å²) in [5.74, 6) is 0.193. The Labute approximate surface area is 171 Å². The molecule has 0 aromatic heterocycles. The van der Waals surface area contributed by atoms with Crippen molar-refractivity contribution in [3.05, 3.63) is 29.8 Å². The lowest BCUT2D eigenvalue weighted by Crippen LogP contribution is -2.44. The van der Waals surface area contributed by atoms with E-state index in [0.29, 0.717) is 12.5 Å². The fourth-order valence-corrected chi connectivity index (χ4v) is 3.18. The summed E-state index contributed by atoms with van der Waals surface area (Å²) in [6.45, 7) is 9.65. The maximum Gasteiger partial charge on any atom is 0.220 e. The minimum Gasteiger partial charge on any atom is -0.371 e. The summed E-state index contributed by atoms with van der Waals surface area (Å²) in [4.78, 5) is 14.3. The molecule has 0 unspecified atom stereocenters. The molecular formula is C20H35Cl2N3O. The van der Waals surface area contributed by atoms with E-state index in [4.69, 9.17) is 0 Å². The molecule has 1 aromatic rings. The first kappa shape index (κ1) is 25.0. The number of benzene rings is 1. The Bertz CT molecular complexity index is 521. The Balaban J connectivity index is 0.00000312. The van der Waals surface area contributed by atoms with E-state index in [1.807, 2.05) is 7.05 Å². The summed E-state index contributed by atoms with van der Waals surface area (Å²) in [6.07, 6.45) is 3.58. The predicted molar refractivity (Wildman–Crippen MR) is 116 cm³/mol. The molecule has 1 amide bonds. The van der Waals surface area contributed by atoms with Gasteiger partial charge in [0.1, 0.15) is 0 Å². The second kappa shape index (κ2) is 11.7. The van der Waals surface area contributed by atoms with E-state index in [-0.39, 0.29) is 36.1 Å². The lowest BCUT2D eigenvalue weighted by atomic mass is 9.87. The van der Waals surface area contributed by atoms with Crippen LogP contribution in [-0.4, -0.2) is 38.6 Å². The number of carbonyl (C=O) groups is 1. The van der Waals surface area contributed by atoms with Gasteiger partial charge in [0, 0.05) is 31.2 Å². The van der Waals surface area contributed by atoms with E-state index in [1.54, 1.807) is 0 Å². The third kappa shape index (κ3) is 7.73. The first-order valence-corrected chi connectivity index (χ1v) is 9.19. The van der Waals surface area contributed by atoms with Crippen molar-refractivity contribution in [1.82, 2.24) is 10.6 Å². The summed E-state index contributed by atoms with van der Waals surface area (Å²) in [5, 5.41) is 6.26. The third-order valence-electron chi connectivity index (χ3n) is 4.79. The molecule has 1 fully saturated rings. The fraction of sp³-hybridized carbons (Fsp3) is 0.650. The van der Waals surface area contributed by atoms with Gasteiger partial charge in [0.05, 0.1) is 0 Å². The number of hydrogen-bond acceptors (Lipinski definition) is 3. The number of rotatable bonds is 6. The fourth-order valence-electron chi connectivity index (χ4n) is 3.18. The van der Waals surface area contributed by atoms with Crippen LogP contribution in [0.2, 0.25) is 0 Å². The van der Waals surface area contributed by atoms with Gasteiger partial charge in [0.25, 0.3) is 0 Å². The molecule has 1 aromatic carbocycles. The molecule has 1 aliphatic rings. The van der Waals surface area contributed by atoms with Gasteiger partial charge in [-0.3, -0.25) is 4.79 Å². The average molecular weight is 404 g/mol. The molecule has 4 nitrogen and oxygen atoms in total. The molecule has 1 saturated heterocycles. The summed E-state index contributed by atoms with van der Waals surface area (Å²) < 4.78 is 0. The van der Waals surface area contributed by atoms with E-state index in [2.05, 4.69) is 60.6 Å². The number of amides is 1. The standard InChI is InChI=1S/C20H33N3O.2ClH/c1-20(2,3)16-7-9-18(10-8-16)23-14-11-17(12-15-23)22-19(24)6-5-13-21-4;;/h7-10,17,21H,5-6,11-15H2,1-4H3,(H,22,24);2*1H. The average Bonchev–Trinajstić information content (AvgIpc) is 2.55. The first-order chi connectivity index (χ1) is 11.4. The maximum absolute atomic E-state index is 11.9. The Morgan fingerprint density at radius 3 is 2.19 bits per heavy atom. The number of nitrogens with one attached hydrogen (secondary N) is 2. The molecule has 26 heavy (non-hydrogen) atoms. The number of nitrogens with zero attached hydrogens (tertiary/aromatic N) is 1. The van der Waals surface area contributed by atoms with Gasteiger partial charge in [-0.15, -0.1) is 24.8 Å². The van der Waals surface area contributed by atoms with Crippen molar-refractivity contribution in [3.63, 3.8) is 0 Å². The highest BCUT2D eigenvalue weighted by Crippen LogP contribution is 2.26. The van der Waals surface area contributed by atoms with Gasteiger partial charge in [0.2, 0.25) is 5.91 Å². The van der Waals surface area contributed by atoms with E-state index >= 15 is 0 Å². The van der Waals surface area contributed by atoms with Crippen LogP contribution in [0.15, 0.2) is 24.3 Å². The van der Waals surface area contributed by atoms with Crippen molar-refractivity contribution in [2.24, 2.45) is 0 Å². The summed E-state index contributed by atoms with van der Waals surface area (Å²) in [6, 6.07) is 9.28. The number of halogens is 2. The van der Waals surface area contributed by atoms with Crippen LogP contribution < -0.4 is 15.5 Å². The van der Waals surface area contributed by atoms with Crippen LogP contribution in [0.3, 0.4) is 0 Å². The zero-order chi connectivity index (χ0) is 17.6. The smallest absolute Gasteiger partial charge is 0.220 e. The molecule has 0 radical (unpaired) electrons. The van der Waals surface area contributed by atoms with Crippen molar-refractivity contribution in [1.29, 1.82) is 0 Å². The topological polar surface area (TPSA) is 44.4 Å². The molecule has 0 saturated carbocycles. The minimum absolute atomic E-state index is 0. The quantitative estimate of drug-likeness (QED) is 0.707. The van der Waals surface area contributed by atoms with Gasteiger partial charge >= 0.3 is 0 Å². The van der Waals surface area contributed by atoms with Gasteiger partial charge in [-0.05, 0) is 56.0 Å². The van der Waals surface area contributed by atoms with Gasteiger partial charge in [0.15, 0.2) is 0 Å². The number of hydrogen-bond donors (Lipinski definition) is 2. The number of piperidine rings is 1. The summed E-state index contributed by atoms with van der Waals surface area (Å²) in [5.41, 5.74) is 2.86. The van der Waals surface area contributed by atoms with Crippen molar-refractivity contribution < 1.29 is 4.79 Å². The molecular weight excluding hydrogens is 369 g/mol. The Morgan fingerprint density at radius 1 is 1.12 bits per heavy atom. The molecule has 1 heterocycles. The molecule has 0 bridgehead atoms. The van der Waals surface area contributed by atoms with Crippen molar-refractivity contribution in [2.45, 2.75) is 57.9 Å². The summed E-state index contributed by atoms with van der Waals surface area (Å²) >= 11 is 0. The lowest BCUT2D eigenvalue weighted by molar-refractivity contribution is -0.122. The Morgan fingerprint density at radius 2 is 1.69 bits per heavy atom. The normalized spacial score (nSPS) is 15.0. The van der Waals surface area contributed by atoms with Gasteiger partial charge in [-0.1, -0.05) is 32.9 Å². The van der Waals surface area contributed by atoms with Crippen LogP contribution in [0, 0.1) is 0 Å². The Hall–Kier alpha value is -0.970. The van der Waals surface area contributed by atoms with Crippen LogP contribution in [-0.2, 0) is 10.2 Å². The highest BCUT2D eigenvalue weighted by atomic mass is 35.5. The van der Waals surface area contributed by atoms with Crippen molar-refractivity contribution in [3.8, 4) is 0 Å². The van der Waals surface area contributed by atoms with Crippen LogP contribution in [0.25, 0.3) is 0 Å². The van der Waals surface area contributed by atoms with Crippen LogP contribution >= 0.6 is 24.8 Å². The van der Waals surface area contributed by atoms with Crippen molar-refractivity contribution >= 4 is 36.4 Å². The highest BCUT2D eigenvalue weighted by Gasteiger charge is 2.21. The third-order valence-corrected chi connectivity index (χ3v) is 4.79.